The van der Waals surface area contributed by atoms with E-state index in [-0.39, 0.29) is 18.9 Å². The molecule has 0 spiro atoms. The van der Waals surface area contributed by atoms with Gasteiger partial charge in [-0.3, -0.25) is 14.8 Å². The van der Waals surface area contributed by atoms with Gasteiger partial charge < -0.3 is 9.47 Å². The smallest absolute Gasteiger partial charge is 0.271 e. The molecule has 3 N–H and O–H groups in total. The van der Waals surface area contributed by atoms with E-state index < -0.39 is 5.91 Å². The van der Waals surface area contributed by atoms with Crippen molar-refractivity contribution in [1.82, 2.24) is 10.9 Å². The Kier molecular flexibility index (Phi) is 10.1. The van der Waals surface area contributed by atoms with E-state index in [0.717, 1.165) is 18.4 Å². The summed E-state index contributed by atoms with van der Waals surface area (Å²) in [4.78, 5) is 23.2. The molecule has 162 valence electrons. The summed E-state index contributed by atoms with van der Waals surface area (Å²) in [5.41, 5.74) is 5.30. The lowest BCUT2D eigenvalue weighted by atomic mass is 10.2. The van der Waals surface area contributed by atoms with Crippen molar-refractivity contribution in [3.05, 3.63) is 59.7 Å². The Morgan fingerprint density at radius 1 is 1.06 bits per heavy atom. The number of hydrogen-bond donors (Lipinski definition) is 3. The molecule has 0 saturated heterocycles. The van der Waals surface area contributed by atoms with Crippen molar-refractivity contribution in [2.24, 2.45) is 5.10 Å². The van der Waals surface area contributed by atoms with Crippen molar-refractivity contribution in [2.45, 2.75) is 25.7 Å². The van der Waals surface area contributed by atoms with Gasteiger partial charge in [-0.05, 0) is 67.3 Å². The van der Waals surface area contributed by atoms with Crippen LogP contribution in [0.5, 0.6) is 11.5 Å². The highest BCUT2D eigenvalue weighted by Gasteiger charge is 2.06. The number of benzene rings is 2. The van der Waals surface area contributed by atoms with E-state index in [1.54, 1.807) is 54.0 Å². The van der Waals surface area contributed by atoms with Crippen LogP contribution >= 0.6 is 0 Å². The molecule has 2 aromatic carbocycles. The first kappa shape index (κ1) is 23.4. The summed E-state index contributed by atoms with van der Waals surface area (Å²) in [5, 5.41) is 12.4. The van der Waals surface area contributed by atoms with Crippen molar-refractivity contribution in [3.8, 4) is 23.8 Å². The third-order valence-corrected chi connectivity index (χ3v) is 4.12. The summed E-state index contributed by atoms with van der Waals surface area (Å²) < 4.78 is 10.9. The Labute approximate surface area is 181 Å². The second-order valence-electron chi connectivity index (χ2n) is 6.48. The Morgan fingerprint density at radius 2 is 1.87 bits per heavy atom. The molecule has 2 rings (SSSR count). The minimum atomic E-state index is -0.395. The van der Waals surface area contributed by atoms with Crippen LogP contribution in [0.15, 0.2) is 53.6 Å². The van der Waals surface area contributed by atoms with Gasteiger partial charge in [-0.1, -0.05) is 12.0 Å². The molecule has 0 saturated carbocycles. The zero-order valence-electron chi connectivity index (χ0n) is 17.0. The van der Waals surface area contributed by atoms with Crippen LogP contribution in [0.3, 0.4) is 0 Å². The van der Waals surface area contributed by atoms with Gasteiger partial charge in [-0.15, -0.1) is 6.42 Å². The molecule has 0 aliphatic rings. The fourth-order valence-electron chi connectivity index (χ4n) is 2.54. The maximum Gasteiger partial charge on any atom is 0.271 e. The van der Waals surface area contributed by atoms with Crippen LogP contribution in [0.4, 0.5) is 0 Å². The first-order valence-electron chi connectivity index (χ1n) is 9.78. The number of carbonyl (C=O) groups is 2. The molecule has 2 amide bonds. The Morgan fingerprint density at radius 3 is 2.61 bits per heavy atom. The summed E-state index contributed by atoms with van der Waals surface area (Å²) in [6.07, 6.45) is 9.16. The van der Waals surface area contributed by atoms with E-state index >= 15 is 0 Å². The molecule has 0 aliphatic carbocycles. The van der Waals surface area contributed by atoms with Crippen LogP contribution in [-0.2, 0) is 4.79 Å². The van der Waals surface area contributed by atoms with Crippen LogP contribution in [0.25, 0.3) is 0 Å². The lowest BCUT2D eigenvalue weighted by molar-refractivity contribution is -0.129. The van der Waals surface area contributed by atoms with Crippen LogP contribution < -0.4 is 20.4 Å². The molecule has 0 heterocycles. The first-order valence-corrected chi connectivity index (χ1v) is 9.78. The van der Waals surface area contributed by atoms with E-state index in [1.807, 2.05) is 0 Å². The number of nitrogens with one attached hydrogen (secondary N) is 2. The lowest BCUT2D eigenvalue weighted by Gasteiger charge is -2.07. The molecular formula is C23H25N3O5. The number of rotatable bonds is 12. The summed E-state index contributed by atoms with van der Waals surface area (Å²) in [5.74, 6) is 2.88. The Hall–Kier alpha value is -3.83. The quantitative estimate of drug-likeness (QED) is 0.160. The largest absolute Gasteiger partial charge is 0.494 e. The van der Waals surface area contributed by atoms with Crippen LogP contribution in [-0.4, -0.2) is 36.4 Å². The number of amides is 2. The van der Waals surface area contributed by atoms with E-state index in [2.05, 4.69) is 16.4 Å². The van der Waals surface area contributed by atoms with E-state index in [9.17, 15) is 9.59 Å². The predicted octanol–water partition coefficient (Wildman–Crippen LogP) is 2.91. The fraction of sp³-hybridized carbons (Fsp3) is 0.261. The number of unbranched alkanes of at least 4 members (excludes halogenated alkanes) is 2. The average molecular weight is 423 g/mol. The molecule has 0 atom stereocenters. The van der Waals surface area contributed by atoms with Gasteiger partial charge in [0.1, 0.15) is 18.1 Å². The van der Waals surface area contributed by atoms with Gasteiger partial charge >= 0.3 is 0 Å². The molecule has 2 aromatic rings. The maximum absolute atomic E-state index is 12.3. The molecule has 0 aromatic heterocycles. The number of carbonyl (C=O) groups excluding carboxylic acids is 2. The molecule has 0 radical (unpaired) electrons. The highest BCUT2D eigenvalue weighted by molar-refractivity contribution is 5.95. The van der Waals surface area contributed by atoms with Crippen LogP contribution in [0.2, 0.25) is 0 Å². The molecule has 0 aliphatic heterocycles. The minimum absolute atomic E-state index is 0.204. The predicted molar refractivity (Wildman–Crippen MR) is 116 cm³/mol. The van der Waals surface area contributed by atoms with Crippen molar-refractivity contribution in [1.29, 1.82) is 0 Å². The molecule has 0 bridgehead atoms. The normalized spacial score (nSPS) is 10.3. The van der Waals surface area contributed by atoms with Crippen LogP contribution in [0, 0.1) is 12.3 Å². The fourth-order valence-corrected chi connectivity index (χ4v) is 2.54. The van der Waals surface area contributed by atoms with E-state index in [4.69, 9.17) is 21.1 Å². The van der Waals surface area contributed by atoms with Crippen LogP contribution in [0.1, 0.15) is 41.6 Å². The van der Waals surface area contributed by atoms with Gasteiger partial charge in [0, 0.05) is 12.0 Å². The number of hydrogen-bond acceptors (Lipinski definition) is 6. The van der Waals surface area contributed by atoms with E-state index in [1.165, 1.54) is 6.21 Å². The Balaban J connectivity index is 1.76. The molecule has 31 heavy (non-hydrogen) atoms. The summed E-state index contributed by atoms with van der Waals surface area (Å²) in [6.45, 7) is 0.667. The van der Waals surface area contributed by atoms with E-state index in [0.29, 0.717) is 30.1 Å². The van der Waals surface area contributed by atoms with Gasteiger partial charge in [0.05, 0.1) is 12.8 Å². The second-order valence-corrected chi connectivity index (χ2v) is 6.48. The SMILES string of the molecule is C#CCOc1ccc(/C=N/NC(=O)c2cccc(OCCCCCC(=O)NO)c2)cc1. The van der Waals surface area contributed by atoms with Crippen molar-refractivity contribution >= 4 is 18.0 Å². The topological polar surface area (TPSA) is 109 Å². The number of hydrazone groups is 1. The average Bonchev–Trinajstić information content (AvgIpc) is 2.80. The van der Waals surface area contributed by atoms with Gasteiger partial charge in [0.15, 0.2) is 0 Å². The summed E-state index contributed by atoms with van der Waals surface area (Å²) in [7, 11) is 0. The highest BCUT2D eigenvalue weighted by Crippen LogP contribution is 2.14. The van der Waals surface area contributed by atoms with Crippen molar-refractivity contribution < 1.29 is 24.3 Å². The number of ether oxygens (including phenoxy) is 2. The van der Waals surface area contributed by atoms with Crippen molar-refractivity contribution in [3.63, 3.8) is 0 Å². The lowest BCUT2D eigenvalue weighted by Crippen LogP contribution is -2.18. The van der Waals surface area contributed by atoms with Gasteiger partial charge in [-0.2, -0.15) is 5.10 Å². The number of hydroxylamine groups is 1. The monoisotopic (exact) mass is 423 g/mol. The zero-order chi connectivity index (χ0) is 22.3. The second kappa shape index (κ2) is 13.4. The van der Waals surface area contributed by atoms with Crippen molar-refractivity contribution in [2.75, 3.05) is 13.2 Å². The maximum atomic E-state index is 12.3. The third-order valence-electron chi connectivity index (χ3n) is 4.12. The zero-order valence-corrected chi connectivity index (χ0v) is 17.0. The third kappa shape index (κ3) is 9.02. The van der Waals surface area contributed by atoms with Gasteiger partial charge in [0.2, 0.25) is 5.91 Å². The minimum Gasteiger partial charge on any atom is -0.494 e. The summed E-state index contributed by atoms with van der Waals surface area (Å²) in [6, 6.07) is 13.9. The summed E-state index contributed by atoms with van der Waals surface area (Å²) >= 11 is 0. The number of terminal acetylenes is 1. The first-order chi connectivity index (χ1) is 15.1. The molecule has 0 fully saturated rings. The van der Waals surface area contributed by atoms with Gasteiger partial charge in [0.25, 0.3) is 5.91 Å². The molecule has 8 heteroatoms. The molecule has 8 nitrogen and oxygen atoms in total. The standard InChI is InChI=1S/C23H25N3O5/c1-2-14-30-20-12-10-18(11-13-20)17-24-25-23(28)19-7-6-8-21(16-19)31-15-5-3-4-9-22(27)26-29/h1,6-8,10-13,16-17,29H,3-5,9,14-15H2,(H,25,28)(H,26,27)/b24-17+. The molecule has 0 unspecified atom stereocenters. The van der Waals surface area contributed by atoms with Gasteiger partial charge in [-0.25, -0.2) is 10.9 Å². The molecular weight excluding hydrogens is 398 g/mol. The Bertz CT molecular complexity index is 920. The number of nitrogens with zero attached hydrogens (tertiary/aromatic N) is 1. The highest BCUT2D eigenvalue weighted by atomic mass is 16.5.